The fraction of sp³-hybridized carbons (Fsp3) is 0.333. The number of amides is 1. The zero-order chi connectivity index (χ0) is 21.3. The number of carbonyl (C=O) groups is 2. The minimum absolute atomic E-state index is 0.101. The van der Waals surface area contributed by atoms with Crippen molar-refractivity contribution in [1.29, 1.82) is 0 Å². The van der Waals surface area contributed by atoms with Gasteiger partial charge in [-0.1, -0.05) is 54.9 Å². The Morgan fingerprint density at radius 2 is 1.83 bits per heavy atom. The molecular weight excluding hydrogens is 402 g/mol. The summed E-state index contributed by atoms with van der Waals surface area (Å²) in [5.74, 6) is -1.45. The van der Waals surface area contributed by atoms with Crippen LogP contribution in [0.1, 0.15) is 42.5 Å². The summed E-state index contributed by atoms with van der Waals surface area (Å²) >= 11 is 6.04. The van der Waals surface area contributed by atoms with Gasteiger partial charge in [0.2, 0.25) is 0 Å². The largest absolute Gasteiger partial charge is 0.507 e. The highest BCUT2D eigenvalue weighted by Crippen LogP contribution is 2.40. The molecule has 0 saturated carbocycles. The lowest BCUT2D eigenvalue weighted by Crippen LogP contribution is -2.36. The van der Waals surface area contributed by atoms with Gasteiger partial charge in [0, 0.05) is 23.7 Å². The van der Waals surface area contributed by atoms with Gasteiger partial charge in [-0.05, 0) is 42.5 Å². The van der Waals surface area contributed by atoms with Crippen molar-refractivity contribution in [3.63, 3.8) is 0 Å². The van der Waals surface area contributed by atoms with E-state index in [0.29, 0.717) is 23.7 Å². The summed E-state index contributed by atoms with van der Waals surface area (Å²) in [4.78, 5) is 27.5. The Morgan fingerprint density at radius 1 is 1.13 bits per heavy atom. The monoisotopic (exact) mass is 425 g/mol. The molecule has 156 valence electrons. The Hall–Kier alpha value is -2.63. The number of ether oxygens (including phenoxy) is 1. The van der Waals surface area contributed by atoms with Crippen molar-refractivity contribution in [3.8, 4) is 0 Å². The van der Waals surface area contributed by atoms with Gasteiger partial charge >= 0.3 is 0 Å². The molecule has 0 aliphatic carbocycles. The maximum absolute atomic E-state index is 13.0. The van der Waals surface area contributed by atoms with Gasteiger partial charge < -0.3 is 14.7 Å². The first-order valence-electron chi connectivity index (χ1n) is 10.2. The normalized spacial score (nSPS) is 23.3. The van der Waals surface area contributed by atoms with E-state index in [4.69, 9.17) is 16.3 Å². The van der Waals surface area contributed by atoms with E-state index in [1.54, 1.807) is 36.4 Å². The van der Waals surface area contributed by atoms with Crippen molar-refractivity contribution in [2.24, 2.45) is 0 Å². The van der Waals surface area contributed by atoms with Gasteiger partial charge in [0.25, 0.3) is 11.7 Å². The van der Waals surface area contributed by atoms with Crippen molar-refractivity contribution >= 4 is 29.1 Å². The number of halogens is 1. The molecule has 0 radical (unpaired) electrons. The lowest BCUT2D eigenvalue weighted by atomic mass is 9.95. The van der Waals surface area contributed by atoms with Crippen LogP contribution in [0.4, 0.5) is 0 Å². The summed E-state index contributed by atoms with van der Waals surface area (Å²) in [5.41, 5.74) is 2.47. The van der Waals surface area contributed by atoms with Crippen LogP contribution in [0, 0.1) is 0 Å². The van der Waals surface area contributed by atoms with Crippen LogP contribution in [-0.4, -0.2) is 41.0 Å². The number of likely N-dealkylation sites (tertiary alicyclic amines) is 1. The molecule has 1 amide bonds. The van der Waals surface area contributed by atoms with E-state index < -0.39 is 17.7 Å². The zero-order valence-electron chi connectivity index (χ0n) is 16.8. The fourth-order valence-electron chi connectivity index (χ4n) is 4.12. The first kappa shape index (κ1) is 20.6. The van der Waals surface area contributed by atoms with Gasteiger partial charge in [-0.3, -0.25) is 9.59 Å². The molecule has 5 nitrogen and oxygen atoms in total. The van der Waals surface area contributed by atoms with E-state index in [1.165, 1.54) is 4.90 Å². The number of benzene rings is 2. The molecule has 6 heteroatoms. The van der Waals surface area contributed by atoms with E-state index in [9.17, 15) is 14.7 Å². The average Bonchev–Trinajstić information content (AvgIpc) is 3.36. The first-order chi connectivity index (χ1) is 14.5. The summed E-state index contributed by atoms with van der Waals surface area (Å²) in [7, 11) is 0. The number of Topliss-reactive ketones (excluding diaryl/α,β-unsaturated/α-hetero) is 1. The highest BCUT2D eigenvalue weighted by atomic mass is 35.5. The quantitative estimate of drug-likeness (QED) is 0.435. The van der Waals surface area contributed by atoms with Crippen molar-refractivity contribution < 1.29 is 19.4 Å². The highest BCUT2D eigenvalue weighted by molar-refractivity contribution is 6.46. The second kappa shape index (κ2) is 8.62. The van der Waals surface area contributed by atoms with Crippen molar-refractivity contribution in [1.82, 2.24) is 4.90 Å². The summed E-state index contributed by atoms with van der Waals surface area (Å²) in [6, 6.07) is 13.7. The first-order valence-corrected chi connectivity index (χ1v) is 10.6. The third kappa shape index (κ3) is 3.87. The highest BCUT2D eigenvalue weighted by Gasteiger charge is 2.47. The number of aliphatic hydroxyl groups excluding tert-OH is 1. The van der Waals surface area contributed by atoms with Crippen LogP contribution in [0.3, 0.4) is 0 Å². The van der Waals surface area contributed by atoms with Crippen LogP contribution >= 0.6 is 11.6 Å². The number of rotatable bonds is 5. The van der Waals surface area contributed by atoms with Gasteiger partial charge in [0.15, 0.2) is 0 Å². The smallest absolute Gasteiger partial charge is 0.295 e. The SMILES string of the molecule is CCc1ccc(/C(O)=C2/C(=O)C(=O)N(CC3CCCO3)C2c2ccc(Cl)cc2)cc1. The Kier molecular flexibility index (Phi) is 5.93. The molecule has 30 heavy (non-hydrogen) atoms. The molecular formula is C24H24ClNO4. The lowest BCUT2D eigenvalue weighted by molar-refractivity contribution is -0.140. The zero-order valence-corrected chi connectivity index (χ0v) is 17.6. The number of nitrogens with zero attached hydrogens (tertiary/aromatic N) is 1. The van der Waals surface area contributed by atoms with Crippen molar-refractivity contribution in [3.05, 3.63) is 75.8 Å². The molecule has 1 N–H and O–H groups in total. The van der Waals surface area contributed by atoms with Crippen LogP contribution in [0.5, 0.6) is 0 Å². The number of aryl methyl sites for hydroxylation is 1. The third-order valence-electron chi connectivity index (χ3n) is 5.79. The Balaban J connectivity index is 1.80. The Morgan fingerprint density at radius 3 is 2.43 bits per heavy atom. The molecule has 0 spiro atoms. The Bertz CT molecular complexity index is 975. The molecule has 2 heterocycles. The summed E-state index contributed by atoms with van der Waals surface area (Å²) in [5, 5.41) is 11.6. The van der Waals surface area contributed by atoms with Crippen LogP contribution < -0.4 is 0 Å². The third-order valence-corrected chi connectivity index (χ3v) is 6.04. The van der Waals surface area contributed by atoms with Gasteiger partial charge in [-0.2, -0.15) is 0 Å². The van der Waals surface area contributed by atoms with Crippen LogP contribution in [0.2, 0.25) is 5.02 Å². The van der Waals surface area contributed by atoms with Gasteiger partial charge in [0.1, 0.15) is 5.76 Å². The van der Waals surface area contributed by atoms with Crippen LogP contribution in [0.15, 0.2) is 54.1 Å². The van der Waals surface area contributed by atoms with Crippen LogP contribution in [0.25, 0.3) is 5.76 Å². The van der Waals surface area contributed by atoms with Crippen molar-refractivity contribution in [2.75, 3.05) is 13.2 Å². The van der Waals surface area contributed by atoms with E-state index in [2.05, 4.69) is 0 Å². The molecule has 2 aromatic carbocycles. The Labute approximate surface area is 180 Å². The second-order valence-corrected chi connectivity index (χ2v) is 8.12. The van der Waals surface area contributed by atoms with Crippen molar-refractivity contribution in [2.45, 2.75) is 38.3 Å². The molecule has 2 atom stereocenters. The second-order valence-electron chi connectivity index (χ2n) is 7.69. The fourth-order valence-corrected chi connectivity index (χ4v) is 4.25. The van der Waals surface area contributed by atoms with E-state index in [1.807, 2.05) is 19.1 Å². The molecule has 2 unspecified atom stereocenters. The summed E-state index contributed by atoms with van der Waals surface area (Å²) < 4.78 is 5.70. The number of aliphatic hydroxyl groups is 1. The van der Waals surface area contributed by atoms with Gasteiger partial charge in [-0.15, -0.1) is 0 Å². The standard InChI is InChI=1S/C24H24ClNO4/c1-2-15-5-7-17(8-6-15)22(27)20-21(16-9-11-18(25)12-10-16)26(24(29)23(20)28)14-19-4-3-13-30-19/h5-12,19,21,27H,2-4,13-14H2,1H3/b22-20-. The molecule has 2 aliphatic rings. The molecule has 2 aliphatic heterocycles. The van der Waals surface area contributed by atoms with Crippen LogP contribution in [-0.2, 0) is 20.7 Å². The number of hydrogen-bond acceptors (Lipinski definition) is 4. The number of carbonyl (C=O) groups excluding carboxylic acids is 2. The maximum atomic E-state index is 13.0. The maximum Gasteiger partial charge on any atom is 0.295 e. The topological polar surface area (TPSA) is 66.8 Å². The molecule has 2 saturated heterocycles. The van der Waals surface area contributed by atoms with Gasteiger partial charge in [-0.25, -0.2) is 0 Å². The minimum Gasteiger partial charge on any atom is -0.507 e. The predicted octanol–water partition coefficient (Wildman–Crippen LogP) is 4.50. The molecule has 4 rings (SSSR count). The number of hydrogen-bond donors (Lipinski definition) is 1. The number of ketones is 1. The molecule has 0 bridgehead atoms. The lowest BCUT2D eigenvalue weighted by Gasteiger charge is -2.27. The average molecular weight is 426 g/mol. The van der Waals surface area contributed by atoms with E-state index in [-0.39, 0.29) is 17.4 Å². The predicted molar refractivity (Wildman–Crippen MR) is 115 cm³/mol. The van der Waals surface area contributed by atoms with Gasteiger partial charge in [0.05, 0.1) is 17.7 Å². The molecule has 2 aromatic rings. The minimum atomic E-state index is -0.683. The van der Waals surface area contributed by atoms with E-state index >= 15 is 0 Å². The van der Waals surface area contributed by atoms with E-state index in [0.717, 1.165) is 30.4 Å². The molecule has 2 fully saturated rings. The summed E-state index contributed by atoms with van der Waals surface area (Å²) in [6.07, 6.45) is 2.54. The molecule has 0 aromatic heterocycles. The summed E-state index contributed by atoms with van der Waals surface area (Å²) in [6.45, 7) is 3.01.